The number of thiazole rings is 1. The number of imidazole rings is 1. The number of methoxy groups -OCH3 is 1. The van der Waals surface area contributed by atoms with Gasteiger partial charge in [-0.2, -0.15) is 0 Å². The van der Waals surface area contributed by atoms with Crippen LogP contribution in [0.15, 0.2) is 36.0 Å². The molecule has 0 spiro atoms. The van der Waals surface area contributed by atoms with Crippen molar-refractivity contribution in [3.05, 3.63) is 52.8 Å². The summed E-state index contributed by atoms with van der Waals surface area (Å²) in [7, 11) is 0.855. The van der Waals surface area contributed by atoms with Gasteiger partial charge in [0.15, 0.2) is 4.96 Å². The van der Waals surface area contributed by atoms with Gasteiger partial charge in [0.2, 0.25) is 0 Å². The van der Waals surface area contributed by atoms with Crippen LogP contribution >= 0.6 is 11.3 Å². The van der Waals surface area contributed by atoms with Crippen molar-refractivity contribution in [3.63, 3.8) is 0 Å². The first-order chi connectivity index (χ1) is 19.3. The number of carbonyl (C=O) groups excluding carboxylic acids is 2. The van der Waals surface area contributed by atoms with Gasteiger partial charge in [0, 0.05) is 17.8 Å². The number of ether oxygens (including phenoxy) is 2. The molecule has 9 nitrogen and oxygen atoms in total. The van der Waals surface area contributed by atoms with Crippen molar-refractivity contribution < 1.29 is 28.4 Å². The second-order valence-electron chi connectivity index (χ2n) is 13.3. The van der Waals surface area contributed by atoms with Crippen LogP contribution in [0.3, 0.4) is 0 Å². The number of hydrogen-bond acceptors (Lipinski definition) is 8. The molecule has 2 bridgehead atoms. The number of para-hydroxylation sites is 1. The summed E-state index contributed by atoms with van der Waals surface area (Å²) in [6.45, 7) is 12.3. The van der Waals surface area contributed by atoms with E-state index in [1.54, 1.807) is 18.3 Å². The van der Waals surface area contributed by atoms with Crippen LogP contribution < -0.4 is 10.1 Å². The summed E-state index contributed by atoms with van der Waals surface area (Å²) in [5.74, 6) is 0.0465. The minimum absolute atomic E-state index is 0.0448. The average Bonchev–Trinajstić information content (AvgIpc) is 3.59. The van der Waals surface area contributed by atoms with E-state index in [0.717, 1.165) is 23.4 Å². The minimum atomic E-state index is -0.678. The molecule has 2 aromatic heterocycles. The predicted octanol–water partition coefficient (Wildman–Crippen LogP) is 4.97. The molecule has 5 unspecified atom stereocenters. The van der Waals surface area contributed by atoms with Crippen molar-refractivity contribution >= 4 is 35.3 Å². The Hall–Kier alpha value is -2.89. The van der Waals surface area contributed by atoms with Crippen LogP contribution in [0.4, 0.5) is 0 Å². The highest BCUT2D eigenvalue weighted by Crippen LogP contribution is 2.65. The van der Waals surface area contributed by atoms with Crippen LogP contribution in [-0.4, -0.2) is 58.7 Å². The van der Waals surface area contributed by atoms with Gasteiger partial charge in [-0.3, -0.25) is 9.20 Å². The Morgan fingerprint density at radius 2 is 2.05 bits per heavy atom. The molecule has 3 aromatic rings. The van der Waals surface area contributed by atoms with E-state index in [2.05, 4.69) is 31.1 Å². The van der Waals surface area contributed by atoms with Crippen LogP contribution in [0.1, 0.15) is 80.8 Å². The maximum Gasteiger partial charge on any atom is 0.482 e. The number of esters is 1. The Balaban J connectivity index is 1.31. The molecule has 7 rings (SSSR count). The number of fused-ring (bicyclic) bond motifs is 1. The minimum Gasteiger partial charge on any atom is -0.496 e. The topological polar surface area (TPSA) is 100 Å². The van der Waals surface area contributed by atoms with Crippen molar-refractivity contribution in [2.45, 2.75) is 84.1 Å². The Bertz CT molecular complexity index is 1470. The Kier molecular flexibility index (Phi) is 6.78. The van der Waals surface area contributed by atoms with Crippen molar-refractivity contribution in [2.75, 3.05) is 7.11 Å². The number of carbonyl (C=O) groups is 2. The summed E-state index contributed by atoms with van der Waals surface area (Å²) >= 11 is 1.47. The van der Waals surface area contributed by atoms with Crippen LogP contribution in [-0.2, 0) is 20.5 Å². The molecule has 1 saturated heterocycles. The lowest BCUT2D eigenvalue weighted by molar-refractivity contribution is -0.199. The lowest BCUT2D eigenvalue weighted by Gasteiger charge is -2.64. The molecular formula is C30H38BN3O6S. The van der Waals surface area contributed by atoms with Crippen LogP contribution in [0.25, 0.3) is 4.96 Å². The zero-order valence-electron chi connectivity index (χ0n) is 24.7. The molecule has 1 aromatic carbocycles. The van der Waals surface area contributed by atoms with Crippen molar-refractivity contribution in [2.24, 2.45) is 17.3 Å². The van der Waals surface area contributed by atoms with E-state index in [1.165, 1.54) is 18.4 Å². The molecule has 4 fully saturated rings. The molecule has 1 N–H and O–H groups in total. The van der Waals surface area contributed by atoms with Gasteiger partial charge in [-0.25, -0.2) is 9.78 Å². The summed E-state index contributed by atoms with van der Waals surface area (Å²) in [4.78, 5) is 31.8. The number of aromatic nitrogens is 2. The highest BCUT2D eigenvalue weighted by atomic mass is 32.1. The normalized spacial score (nSPS) is 27.2. The number of nitrogens with one attached hydrogen (secondary N) is 1. The van der Waals surface area contributed by atoms with Gasteiger partial charge in [0.1, 0.15) is 22.6 Å². The van der Waals surface area contributed by atoms with Crippen molar-refractivity contribution in [1.29, 1.82) is 0 Å². The molecule has 5 atom stereocenters. The number of amides is 1. The Labute approximate surface area is 245 Å². The second kappa shape index (κ2) is 9.85. The third-order valence-electron chi connectivity index (χ3n) is 9.30. The number of benzene rings is 1. The zero-order valence-corrected chi connectivity index (χ0v) is 25.5. The van der Waals surface area contributed by atoms with E-state index in [9.17, 15) is 9.59 Å². The summed E-state index contributed by atoms with van der Waals surface area (Å²) in [5.41, 5.74) is 0.486. The summed E-state index contributed by atoms with van der Waals surface area (Å²) in [6, 6.07) is 5.38. The first-order valence-corrected chi connectivity index (χ1v) is 15.1. The molecular weight excluding hydrogens is 541 g/mol. The fourth-order valence-electron chi connectivity index (χ4n) is 7.08. The fraction of sp³-hybridized carbons (Fsp3) is 0.567. The van der Waals surface area contributed by atoms with Crippen LogP contribution in [0.5, 0.6) is 5.75 Å². The molecule has 3 aliphatic carbocycles. The smallest absolute Gasteiger partial charge is 0.482 e. The molecule has 11 heteroatoms. The molecule has 1 amide bonds. The maximum absolute atomic E-state index is 13.5. The van der Waals surface area contributed by atoms with Gasteiger partial charge in [0.25, 0.3) is 5.91 Å². The average molecular weight is 580 g/mol. The zero-order chi connectivity index (χ0) is 29.3. The second-order valence-corrected chi connectivity index (χ2v) is 14.2. The molecule has 3 saturated carbocycles. The molecule has 0 radical (unpaired) electrons. The number of hydrogen-bond donors (Lipinski definition) is 1. The lowest BCUT2D eigenvalue weighted by Crippen LogP contribution is -2.65. The van der Waals surface area contributed by atoms with E-state index in [4.69, 9.17) is 18.8 Å². The largest absolute Gasteiger partial charge is 0.496 e. The number of rotatable bonds is 7. The van der Waals surface area contributed by atoms with E-state index < -0.39 is 30.2 Å². The third kappa shape index (κ3) is 4.85. The van der Waals surface area contributed by atoms with Gasteiger partial charge < -0.3 is 24.1 Å². The fourth-order valence-corrected chi connectivity index (χ4v) is 7.78. The molecule has 41 heavy (non-hydrogen) atoms. The molecule has 3 heterocycles. The lowest BCUT2D eigenvalue weighted by atomic mass is 9.43. The van der Waals surface area contributed by atoms with E-state index in [-0.39, 0.29) is 17.4 Å². The first kappa shape index (κ1) is 28.2. The van der Waals surface area contributed by atoms with Gasteiger partial charge in [-0.15, -0.1) is 11.3 Å². The SMILES string of the molecule is COc1c(CC(NC(=O)c2cn3ccsc3n2)B2OC3CC4CC(C4(C)C)C3(C)O2)cccc1C(=O)OC(C)(C)C. The maximum atomic E-state index is 13.5. The first-order valence-electron chi connectivity index (χ1n) is 14.3. The Morgan fingerprint density at radius 1 is 1.27 bits per heavy atom. The van der Waals surface area contributed by atoms with Gasteiger partial charge >= 0.3 is 13.1 Å². The van der Waals surface area contributed by atoms with Gasteiger partial charge in [-0.05, 0) is 75.8 Å². The highest BCUT2D eigenvalue weighted by molar-refractivity contribution is 7.15. The number of nitrogens with zero attached hydrogens (tertiary/aromatic N) is 2. The Morgan fingerprint density at radius 3 is 2.73 bits per heavy atom. The standard InChI is InChI=1S/C30H38BN3O6S/c1-28(2,3)38-26(36)19-10-8-9-17(24(19)37-7)13-23(33-25(35)20-16-34-11-12-41-27(34)32-20)31-39-22-15-18-14-21(29(18,4)5)30(22,6)40-31/h8-12,16,18,21-23H,13-15H2,1-7H3,(H,33,35). The summed E-state index contributed by atoms with van der Waals surface area (Å²) in [5, 5.41) is 5.08. The predicted molar refractivity (Wildman–Crippen MR) is 156 cm³/mol. The van der Waals surface area contributed by atoms with Crippen LogP contribution in [0.2, 0.25) is 0 Å². The molecule has 4 aliphatic rings. The summed E-state index contributed by atoms with van der Waals surface area (Å²) in [6.07, 6.45) is 5.93. The van der Waals surface area contributed by atoms with Gasteiger partial charge in [-0.1, -0.05) is 26.0 Å². The van der Waals surface area contributed by atoms with Crippen molar-refractivity contribution in [1.82, 2.24) is 14.7 Å². The highest BCUT2D eigenvalue weighted by Gasteiger charge is 2.68. The van der Waals surface area contributed by atoms with E-state index >= 15 is 0 Å². The molecule has 1 aliphatic heterocycles. The monoisotopic (exact) mass is 579 g/mol. The van der Waals surface area contributed by atoms with Crippen molar-refractivity contribution in [3.8, 4) is 5.75 Å². The van der Waals surface area contributed by atoms with E-state index in [1.807, 2.05) is 42.8 Å². The summed E-state index contributed by atoms with van der Waals surface area (Å²) < 4.78 is 26.6. The quantitative estimate of drug-likeness (QED) is 0.312. The third-order valence-corrected chi connectivity index (χ3v) is 10.1. The van der Waals surface area contributed by atoms with E-state index in [0.29, 0.717) is 35.3 Å². The molecule has 218 valence electrons. The van der Waals surface area contributed by atoms with Crippen LogP contribution in [0, 0.1) is 17.3 Å². The van der Waals surface area contributed by atoms with Gasteiger partial charge in [0.05, 0.1) is 24.8 Å².